The van der Waals surface area contributed by atoms with E-state index in [1.807, 2.05) is 0 Å². The van der Waals surface area contributed by atoms with Crippen molar-refractivity contribution in [2.75, 3.05) is 11.9 Å². The molecule has 0 fully saturated rings. The molecule has 1 heterocycles. The van der Waals surface area contributed by atoms with Crippen molar-refractivity contribution in [1.29, 1.82) is 0 Å². The minimum Gasteiger partial charge on any atom is -0.330 e. The minimum absolute atomic E-state index is 0.145. The Hall–Kier alpha value is -2.35. The second kappa shape index (κ2) is 6.20. The Morgan fingerprint density at radius 3 is 2.95 bits per heavy atom. The van der Waals surface area contributed by atoms with Gasteiger partial charge < -0.3 is 11.1 Å². The standard InChI is InChI=1S/C12H13F2N5O/c13-8-1-2-10(14)11(5-8)16-12(20)7-19-6-9(3-4-15)17-18-19/h1-2,5-6H,3-4,7,15H2,(H,16,20). The summed E-state index contributed by atoms with van der Waals surface area (Å²) in [6.07, 6.45) is 2.13. The number of halogens is 2. The Morgan fingerprint density at radius 1 is 1.40 bits per heavy atom. The smallest absolute Gasteiger partial charge is 0.246 e. The van der Waals surface area contributed by atoms with Gasteiger partial charge in [0.2, 0.25) is 5.91 Å². The first kappa shape index (κ1) is 14.1. The molecule has 6 nitrogen and oxygen atoms in total. The third-order valence-electron chi connectivity index (χ3n) is 2.49. The summed E-state index contributed by atoms with van der Waals surface area (Å²) in [7, 11) is 0. The van der Waals surface area contributed by atoms with Crippen molar-refractivity contribution in [2.24, 2.45) is 5.73 Å². The van der Waals surface area contributed by atoms with E-state index in [1.165, 1.54) is 4.68 Å². The summed E-state index contributed by atoms with van der Waals surface area (Å²) in [6, 6.07) is 2.83. The number of nitrogens with two attached hydrogens (primary N) is 1. The van der Waals surface area contributed by atoms with Crippen LogP contribution in [0.4, 0.5) is 14.5 Å². The number of amides is 1. The molecule has 3 N–H and O–H groups in total. The lowest BCUT2D eigenvalue weighted by Gasteiger charge is -2.06. The molecular formula is C12H13F2N5O. The van der Waals surface area contributed by atoms with Crippen molar-refractivity contribution in [3.63, 3.8) is 0 Å². The average molecular weight is 281 g/mol. The van der Waals surface area contributed by atoms with Gasteiger partial charge in [0.05, 0.1) is 11.4 Å². The highest BCUT2D eigenvalue weighted by molar-refractivity contribution is 5.90. The van der Waals surface area contributed by atoms with E-state index < -0.39 is 17.5 Å². The predicted octanol–water partition coefficient (Wildman–Crippen LogP) is 0.696. The Labute approximate surface area is 113 Å². The maximum Gasteiger partial charge on any atom is 0.246 e. The number of nitrogens with zero attached hydrogens (tertiary/aromatic N) is 3. The van der Waals surface area contributed by atoms with Crippen molar-refractivity contribution >= 4 is 11.6 Å². The lowest BCUT2D eigenvalue weighted by molar-refractivity contribution is -0.116. The number of hydrogen-bond donors (Lipinski definition) is 2. The summed E-state index contributed by atoms with van der Waals surface area (Å²) in [5.41, 5.74) is 5.82. The molecular weight excluding hydrogens is 268 g/mol. The van der Waals surface area contributed by atoms with Crippen molar-refractivity contribution in [3.05, 3.63) is 41.7 Å². The van der Waals surface area contributed by atoms with Crippen molar-refractivity contribution < 1.29 is 13.6 Å². The molecule has 0 saturated carbocycles. The zero-order valence-electron chi connectivity index (χ0n) is 10.5. The number of benzene rings is 1. The zero-order valence-corrected chi connectivity index (χ0v) is 10.5. The third kappa shape index (κ3) is 3.58. The third-order valence-corrected chi connectivity index (χ3v) is 2.49. The van der Waals surface area contributed by atoms with Crippen molar-refractivity contribution in [1.82, 2.24) is 15.0 Å². The summed E-state index contributed by atoms with van der Waals surface area (Å²) >= 11 is 0. The monoisotopic (exact) mass is 281 g/mol. The fourth-order valence-electron chi connectivity index (χ4n) is 1.61. The van der Waals surface area contributed by atoms with Gasteiger partial charge in [-0.2, -0.15) is 0 Å². The van der Waals surface area contributed by atoms with Gasteiger partial charge in [0.25, 0.3) is 0 Å². The van der Waals surface area contributed by atoms with Crippen LogP contribution in [0.3, 0.4) is 0 Å². The van der Waals surface area contributed by atoms with E-state index in [9.17, 15) is 13.6 Å². The van der Waals surface area contributed by atoms with Gasteiger partial charge in [0.15, 0.2) is 0 Å². The van der Waals surface area contributed by atoms with E-state index >= 15 is 0 Å². The second-order valence-corrected chi connectivity index (χ2v) is 4.12. The number of carbonyl (C=O) groups is 1. The molecule has 0 spiro atoms. The zero-order chi connectivity index (χ0) is 14.5. The van der Waals surface area contributed by atoms with Gasteiger partial charge in [-0.1, -0.05) is 5.21 Å². The molecule has 0 aliphatic heterocycles. The Balaban J connectivity index is 1.99. The number of carbonyl (C=O) groups excluding carboxylic acids is 1. The maximum absolute atomic E-state index is 13.3. The summed E-state index contributed by atoms with van der Waals surface area (Å²) in [5.74, 6) is -1.87. The summed E-state index contributed by atoms with van der Waals surface area (Å²) in [4.78, 5) is 11.7. The fraction of sp³-hybridized carbons (Fsp3) is 0.250. The molecule has 0 radical (unpaired) electrons. The molecule has 0 saturated heterocycles. The number of nitrogens with one attached hydrogen (secondary N) is 1. The maximum atomic E-state index is 13.3. The molecule has 1 amide bonds. The molecule has 0 aliphatic rings. The van der Waals surface area contributed by atoms with Crippen LogP contribution in [-0.4, -0.2) is 27.4 Å². The molecule has 0 unspecified atom stereocenters. The largest absolute Gasteiger partial charge is 0.330 e. The molecule has 0 atom stereocenters. The molecule has 20 heavy (non-hydrogen) atoms. The van der Waals surface area contributed by atoms with E-state index in [-0.39, 0.29) is 12.2 Å². The highest BCUT2D eigenvalue weighted by Crippen LogP contribution is 2.15. The van der Waals surface area contributed by atoms with E-state index in [0.717, 1.165) is 18.2 Å². The molecule has 2 aromatic rings. The van der Waals surface area contributed by atoms with Gasteiger partial charge in [-0.05, 0) is 18.7 Å². The second-order valence-electron chi connectivity index (χ2n) is 4.12. The Bertz CT molecular complexity index is 614. The number of rotatable bonds is 5. The highest BCUT2D eigenvalue weighted by atomic mass is 19.1. The molecule has 1 aromatic carbocycles. The van der Waals surface area contributed by atoms with E-state index in [0.29, 0.717) is 18.7 Å². The van der Waals surface area contributed by atoms with E-state index in [1.54, 1.807) is 6.20 Å². The molecule has 0 aliphatic carbocycles. The van der Waals surface area contributed by atoms with Crippen LogP contribution >= 0.6 is 0 Å². The van der Waals surface area contributed by atoms with Gasteiger partial charge in [-0.3, -0.25) is 4.79 Å². The van der Waals surface area contributed by atoms with Crippen LogP contribution < -0.4 is 11.1 Å². The summed E-state index contributed by atoms with van der Waals surface area (Å²) in [5, 5.41) is 9.83. The van der Waals surface area contributed by atoms with Gasteiger partial charge in [0.1, 0.15) is 18.2 Å². The molecule has 1 aromatic heterocycles. The molecule has 0 bridgehead atoms. The van der Waals surface area contributed by atoms with Gasteiger partial charge >= 0.3 is 0 Å². The SMILES string of the molecule is NCCc1cn(CC(=O)Nc2cc(F)ccc2F)nn1. The predicted molar refractivity (Wildman–Crippen MR) is 67.8 cm³/mol. The normalized spacial score (nSPS) is 10.6. The Kier molecular flexibility index (Phi) is 4.36. The Morgan fingerprint density at radius 2 is 2.20 bits per heavy atom. The van der Waals surface area contributed by atoms with E-state index in [2.05, 4.69) is 15.6 Å². The van der Waals surface area contributed by atoms with E-state index in [4.69, 9.17) is 5.73 Å². The van der Waals surface area contributed by atoms with Crippen molar-refractivity contribution in [3.8, 4) is 0 Å². The lowest BCUT2D eigenvalue weighted by atomic mass is 10.3. The quantitative estimate of drug-likeness (QED) is 0.844. The molecule has 106 valence electrons. The number of aromatic nitrogens is 3. The molecule has 8 heteroatoms. The highest BCUT2D eigenvalue weighted by Gasteiger charge is 2.10. The van der Waals surface area contributed by atoms with Crippen molar-refractivity contribution in [2.45, 2.75) is 13.0 Å². The first-order valence-corrected chi connectivity index (χ1v) is 5.92. The topological polar surface area (TPSA) is 85.8 Å². The van der Waals surface area contributed by atoms with Gasteiger partial charge in [-0.25, -0.2) is 13.5 Å². The van der Waals surface area contributed by atoms with Crippen LogP contribution in [0, 0.1) is 11.6 Å². The van der Waals surface area contributed by atoms with Crippen LogP contribution in [0.25, 0.3) is 0 Å². The lowest BCUT2D eigenvalue weighted by Crippen LogP contribution is -2.20. The van der Waals surface area contributed by atoms with Crippen LogP contribution in [0.2, 0.25) is 0 Å². The number of hydrogen-bond acceptors (Lipinski definition) is 4. The first-order chi connectivity index (χ1) is 9.58. The summed E-state index contributed by atoms with van der Waals surface area (Å²) < 4.78 is 27.6. The first-order valence-electron chi connectivity index (χ1n) is 5.92. The average Bonchev–Trinajstić information content (AvgIpc) is 2.81. The van der Waals surface area contributed by atoms with Crippen LogP contribution in [-0.2, 0) is 17.8 Å². The van der Waals surface area contributed by atoms with Crippen LogP contribution in [0.1, 0.15) is 5.69 Å². The van der Waals surface area contributed by atoms with Crippen LogP contribution in [0.15, 0.2) is 24.4 Å². The number of anilines is 1. The van der Waals surface area contributed by atoms with Gasteiger partial charge in [-0.15, -0.1) is 5.10 Å². The summed E-state index contributed by atoms with van der Waals surface area (Å²) in [6.45, 7) is 0.285. The van der Waals surface area contributed by atoms with Crippen LogP contribution in [0.5, 0.6) is 0 Å². The fourth-order valence-corrected chi connectivity index (χ4v) is 1.61. The minimum atomic E-state index is -0.706. The van der Waals surface area contributed by atoms with Gasteiger partial charge in [0, 0.05) is 18.7 Å². The molecule has 2 rings (SSSR count).